The number of aromatic nitrogens is 3. The molecule has 2 heterocycles. The molecule has 0 bridgehead atoms. The monoisotopic (exact) mass is 984 g/mol. The molecule has 0 atom stereocenters. The summed E-state index contributed by atoms with van der Waals surface area (Å²) in [6.07, 6.45) is 2.13. The van der Waals surface area contributed by atoms with Gasteiger partial charge in [0.05, 0.1) is 16.9 Å². The molecule has 0 saturated carbocycles. The molecule has 3 nitrogen and oxygen atoms in total. The molecule has 0 unspecified atom stereocenters. The van der Waals surface area contributed by atoms with Crippen molar-refractivity contribution in [1.29, 1.82) is 0 Å². The standard InChI is InChI=1S/C27H26NTe.C21H17N2.Ir/c1-18(2)23-15-22(20-11-7-5-8-12-20)16-24(19(3)4)26(23)25-17-28-27(29-25)21-13-9-6-10-14-21;1-15-9-8-10-16(2)20(15)23-19-14-7-6-13-18(19)22-21(23)17-11-4-3-5-12-17;/h5-13,15-19H,1-4H3;3-11,13-14H,1-2H3;/q2*-1;. The summed E-state index contributed by atoms with van der Waals surface area (Å²) in [5.74, 6) is 1.86. The molecule has 0 spiro atoms. The first kappa shape index (κ1) is 38.4. The Kier molecular flexibility index (Phi) is 12.4. The van der Waals surface area contributed by atoms with E-state index >= 15 is 0 Å². The van der Waals surface area contributed by atoms with Gasteiger partial charge in [0.15, 0.2) is 0 Å². The Bertz CT molecular complexity index is 2380. The van der Waals surface area contributed by atoms with Crippen LogP contribution < -0.4 is 0 Å². The van der Waals surface area contributed by atoms with Crippen LogP contribution in [0.25, 0.3) is 57.7 Å². The number of nitrogens with zero attached hydrogens (tertiary/aromatic N) is 3. The Labute approximate surface area is 337 Å². The minimum absolute atomic E-state index is 0. The van der Waals surface area contributed by atoms with Gasteiger partial charge in [0.2, 0.25) is 0 Å². The van der Waals surface area contributed by atoms with Gasteiger partial charge in [-0.25, -0.2) is 0 Å². The molecule has 0 aliphatic heterocycles. The minimum Gasteiger partial charge on any atom is -0.333 e. The van der Waals surface area contributed by atoms with Crippen molar-refractivity contribution in [3.05, 3.63) is 174 Å². The fourth-order valence-corrected chi connectivity index (χ4v) is 9.68. The molecule has 8 rings (SSSR count). The van der Waals surface area contributed by atoms with Crippen molar-refractivity contribution in [1.82, 2.24) is 14.5 Å². The third-order valence-electron chi connectivity index (χ3n) is 9.42. The van der Waals surface area contributed by atoms with Crippen LogP contribution >= 0.6 is 0 Å². The zero-order valence-corrected chi connectivity index (χ0v) is 35.7. The summed E-state index contributed by atoms with van der Waals surface area (Å²) >= 11 is -0.532. The first-order valence-corrected chi connectivity index (χ1v) is 20.3. The summed E-state index contributed by atoms with van der Waals surface area (Å²) in [4.78, 5) is 9.70. The Morgan fingerprint density at radius 3 is 1.81 bits per heavy atom. The molecule has 1 radical (unpaired) electrons. The molecule has 0 fully saturated rings. The smallest absolute Gasteiger partial charge is 0.0774 e. The largest absolute Gasteiger partial charge is 0.333 e. The topological polar surface area (TPSA) is 30.7 Å². The van der Waals surface area contributed by atoms with Crippen molar-refractivity contribution >= 4 is 31.5 Å². The average molecular weight is 982 g/mol. The van der Waals surface area contributed by atoms with Crippen LogP contribution in [-0.4, -0.2) is 35.0 Å². The van der Waals surface area contributed by atoms with Gasteiger partial charge in [-0.2, -0.15) is 0 Å². The van der Waals surface area contributed by atoms with Gasteiger partial charge in [0.25, 0.3) is 0 Å². The maximum Gasteiger partial charge on any atom is 0.0774 e. The minimum atomic E-state index is -0.532. The van der Waals surface area contributed by atoms with Gasteiger partial charge in [0, 0.05) is 25.8 Å². The second kappa shape index (κ2) is 17.2. The van der Waals surface area contributed by atoms with E-state index in [0.29, 0.717) is 11.8 Å². The number of fused-ring (bicyclic) bond motifs is 1. The average Bonchev–Trinajstić information content (AvgIpc) is 3.82. The first-order chi connectivity index (χ1) is 25.3. The van der Waals surface area contributed by atoms with Gasteiger partial charge in [-0.3, -0.25) is 4.98 Å². The number of para-hydroxylation sites is 3. The van der Waals surface area contributed by atoms with Crippen LogP contribution in [-0.2, 0) is 20.1 Å². The number of aryl methyl sites for hydroxylation is 2. The summed E-state index contributed by atoms with van der Waals surface area (Å²) in [5.41, 5.74) is 14.9. The van der Waals surface area contributed by atoms with Crippen molar-refractivity contribution in [2.75, 3.05) is 0 Å². The zero-order chi connectivity index (χ0) is 36.2. The third-order valence-corrected chi connectivity index (χ3v) is 12.4. The number of hydrogen-bond acceptors (Lipinski definition) is 2. The van der Waals surface area contributed by atoms with E-state index in [4.69, 9.17) is 9.97 Å². The predicted octanol–water partition coefficient (Wildman–Crippen LogP) is 12.3. The van der Waals surface area contributed by atoms with Gasteiger partial charge in [-0.15, -0.1) is 35.9 Å². The van der Waals surface area contributed by atoms with Crippen LogP contribution in [0.2, 0.25) is 0 Å². The van der Waals surface area contributed by atoms with Crippen LogP contribution in [0.3, 0.4) is 0 Å². The number of hydrogen-bond donors (Lipinski definition) is 0. The Morgan fingerprint density at radius 2 is 1.21 bits per heavy atom. The van der Waals surface area contributed by atoms with Crippen LogP contribution in [0, 0.1) is 26.0 Å². The molecule has 8 aromatic rings. The molecule has 0 amide bonds. The van der Waals surface area contributed by atoms with Crippen molar-refractivity contribution in [2.24, 2.45) is 0 Å². The van der Waals surface area contributed by atoms with E-state index in [9.17, 15) is 0 Å². The van der Waals surface area contributed by atoms with Crippen molar-refractivity contribution in [2.45, 2.75) is 53.4 Å². The van der Waals surface area contributed by atoms with Crippen molar-refractivity contribution < 1.29 is 20.1 Å². The van der Waals surface area contributed by atoms with E-state index in [0.717, 1.165) is 28.0 Å². The van der Waals surface area contributed by atoms with E-state index in [1.165, 1.54) is 51.9 Å². The molecular formula is C48H43IrN3Te-2. The van der Waals surface area contributed by atoms with E-state index in [2.05, 4.69) is 162 Å². The molecule has 0 aliphatic carbocycles. The summed E-state index contributed by atoms with van der Waals surface area (Å²) in [5, 5.41) is 0. The number of benzene rings is 6. The fraction of sp³-hybridized carbons (Fsp3) is 0.167. The van der Waals surface area contributed by atoms with Gasteiger partial charge >= 0.3 is 185 Å². The number of imidazole rings is 1. The molecule has 0 aliphatic rings. The summed E-state index contributed by atoms with van der Waals surface area (Å²) in [6.45, 7) is 13.5. The number of rotatable bonds is 7. The maximum absolute atomic E-state index is 4.87. The van der Waals surface area contributed by atoms with Gasteiger partial charge in [-0.05, 0) is 37.1 Å². The second-order valence-electron chi connectivity index (χ2n) is 13.8. The Balaban J connectivity index is 0.000000182. The Hall–Kier alpha value is -4.36. The second-order valence-corrected chi connectivity index (χ2v) is 16.7. The molecular weight excluding hydrogens is 938 g/mol. The van der Waals surface area contributed by atoms with E-state index < -0.39 is 20.4 Å². The van der Waals surface area contributed by atoms with Gasteiger partial charge in [0.1, 0.15) is 0 Å². The van der Waals surface area contributed by atoms with Crippen molar-refractivity contribution in [3.63, 3.8) is 0 Å². The van der Waals surface area contributed by atoms with E-state index in [1.807, 2.05) is 36.4 Å². The molecule has 0 saturated heterocycles. The van der Waals surface area contributed by atoms with E-state index in [-0.39, 0.29) is 20.1 Å². The molecule has 2 aromatic heterocycles. The van der Waals surface area contributed by atoms with Crippen molar-refractivity contribution in [3.8, 4) is 46.6 Å². The van der Waals surface area contributed by atoms with Gasteiger partial charge < -0.3 is 4.57 Å². The van der Waals surface area contributed by atoms with Gasteiger partial charge in [-0.1, -0.05) is 30.3 Å². The SMILES string of the molecule is CC(C)c1cc(-c2ccccc2)cc(C(C)C)c1-c1cnc(-c2[c-]cccc2)[te]1.Cc1cccc(C)c1-n1c(-c2[c-]cccc2)nc2ccccc21.[Ir]. The maximum atomic E-state index is 4.87. The zero-order valence-electron chi connectivity index (χ0n) is 31.0. The first-order valence-electron chi connectivity index (χ1n) is 18.0. The normalized spacial score (nSPS) is 11.0. The Morgan fingerprint density at radius 1 is 0.623 bits per heavy atom. The molecule has 267 valence electrons. The fourth-order valence-electron chi connectivity index (χ4n) is 6.84. The quantitative estimate of drug-likeness (QED) is 0.118. The summed E-state index contributed by atoms with van der Waals surface area (Å²) in [7, 11) is 0. The van der Waals surface area contributed by atoms with Crippen LogP contribution in [0.5, 0.6) is 0 Å². The molecule has 5 heteroatoms. The third kappa shape index (κ3) is 8.25. The summed E-state index contributed by atoms with van der Waals surface area (Å²) < 4.78 is 4.95. The molecule has 6 aromatic carbocycles. The van der Waals surface area contributed by atoms with Crippen LogP contribution in [0.15, 0.2) is 140 Å². The molecule has 53 heavy (non-hydrogen) atoms. The van der Waals surface area contributed by atoms with Crippen LogP contribution in [0.1, 0.15) is 61.8 Å². The predicted molar refractivity (Wildman–Crippen MR) is 219 cm³/mol. The van der Waals surface area contributed by atoms with Crippen LogP contribution in [0.4, 0.5) is 0 Å². The summed E-state index contributed by atoms with van der Waals surface area (Å²) in [6, 6.07) is 53.1. The van der Waals surface area contributed by atoms with E-state index in [1.54, 1.807) is 0 Å². The molecule has 0 N–H and O–H groups in total.